The minimum Gasteiger partial charge on any atom is -0.312 e. The molecule has 0 bridgehead atoms. The molecule has 0 atom stereocenters. The van der Waals surface area contributed by atoms with Crippen molar-refractivity contribution >= 4 is 0 Å². The third kappa shape index (κ3) is 3.99. The zero-order valence-corrected chi connectivity index (χ0v) is 11.4. The van der Waals surface area contributed by atoms with Gasteiger partial charge in [0.25, 0.3) is 0 Å². The first-order valence-electron chi connectivity index (χ1n) is 5.89. The zero-order chi connectivity index (χ0) is 14.5. The molecule has 18 heavy (non-hydrogen) atoms. The maximum absolute atomic E-state index is 5.57. The van der Waals surface area contributed by atoms with Crippen LogP contribution in [0.25, 0.3) is 0 Å². The van der Waals surface area contributed by atoms with E-state index in [0.717, 1.165) is 24.0 Å². The zero-order valence-electron chi connectivity index (χ0n) is 11.4. The first kappa shape index (κ1) is 16.4. The predicted octanol–water partition coefficient (Wildman–Crippen LogP) is 3.37. The van der Waals surface area contributed by atoms with Gasteiger partial charge in [0.15, 0.2) is 0 Å². The average molecular weight is 244 g/mol. The van der Waals surface area contributed by atoms with Crippen molar-refractivity contribution in [3.8, 4) is 0 Å². The van der Waals surface area contributed by atoms with E-state index in [1.54, 1.807) is 0 Å². The number of allylic oxidation sites excluding steroid dienone is 4. The van der Waals surface area contributed by atoms with Crippen molar-refractivity contribution in [2.24, 2.45) is 11.5 Å². The molecule has 0 saturated heterocycles. The van der Waals surface area contributed by atoms with Crippen LogP contribution in [0.1, 0.15) is 19.8 Å². The molecule has 0 aromatic rings. The van der Waals surface area contributed by atoms with Crippen LogP contribution in [-0.2, 0) is 0 Å². The van der Waals surface area contributed by atoms with Crippen LogP contribution in [0, 0.1) is 0 Å². The van der Waals surface area contributed by atoms with Gasteiger partial charge in [-0.25, -0.2) is 0 Å². The molecule has 0 fully saturated rings. The number of nitrogens with two attached hydrogens (primary N) is 2. The summed E-state index contributed by atoms with van der Waals surface area (Å²) >= 11 is 0. The quantitative estimate of drug-likeness (QED) is 0.508. The van der Waals surface area contributed by atoms with Gasteiger partial charge in [0, 0.05) is 0 Å². The Kier molecular flexibility index (Phi) is 6.31. The lowest BCUT2D eigenvalue weighted by atomic mass is 9.88. The van der Waals surface area contributed by atoms with E-state index < -0.39 is 6.17 Å². The van der Waals surface area contributed by atoms with Crippen molar-refractivity contribution in [2.45, 2.75) is 25.9 Å². The molecule has 0 aliphatic heterocycles. The van der Waals surface area contributed by atoms with Crippen LogP contribution in [0.5, 0.6) is 0 Å². The fourth-order valence-corrected chi connectivity index (χ4v) is 1.43. The third-order valence-electron chi connectivity index (χ3n) is 2.86. The Morgan fingerprint density at radius 2 is 1.28 bits per heavy atom. The summed E-state index contributed by atoms with van der Waals surface area (Å²) in [6, 6.07) is 0. The molecule has 0 aromatic heterocycles. The molecule has 98 valence electrons. The van der Waals surface area contributed by atoms with Crippen LogP contribution in [0.4, 0.5) is 0 Å². The van der Waals surface area contributed by atoms with Crippen LogP contribution >= 0.6 is 0 Å². The molecule has 2 heteroatoms. The summed E-state index contributed by atoms with van der Waals surface area (Å²) in [6.45, 7) is 25.7. The second-order valence-electron chi connectivity index (χ2n) is 4.32. The maximum Gasteiger partial charge on any atom is 0.0784 e. The van der Waals surface area contributed by atoms with Gasteiger partial charge in [0.1, 0.15) is 0 Å². The molecule has 0 saturated carbocycles. The predicted molar refractivity (Wildman–Crippen MR) is 81.9 cm³/mol. The summed E-state index contributed by atoms with van der Waals surface area (Å²) < 4.78 is 0. The van der Waals surface area contributed by atoms with Gasteiger partial charge in [-0.2, -0.15) is 0 Å². The minimum absolute atomic E-state index is 0.551. The van der Waals surface area contributed by atoms with Gasteiger partial charge in [-0.15, -0.1) is 0 Å². The summed E-state index contributed by atoms with van der Waals surface area (Å²) in [4.78, 5) is 0. The number of hydrogen-bond donors (Lipinski definition) is 2. The van der Waals surface area contributed by atoms with Gasteiger partial charge in [-0.3, -0.25) is 0 Å². The Balaban J connectivity index is 4.87. The molecule has 4 N–H and O–H groups in total. The molecule has 0 radical (unpaired) electrons. The van der Waals surface area contributed by atoms with E-state index in [4.69, 9.17) is 11.5 Å². The summed E-state index contributed by atoms with van der Waals surface area (Å²) in [5, 5.41) is 0. The SMILES string of the molecule is C=C(CCC)C(=C)C(=C)C(=C)C(=C)C(=C)C(N)N. The Hall–Kier alpha value is -1.64. The van der Waals surface area contributed by atoms with Crippen LogP contribution in [0.2, 0.25) is 0 Å². The van der Waals surface area contributed by atoms with E-state index in [1.807, 2.05) is 0 Å². The molecular weight excluding hydrogens is 220 g/mol. The monoisotopic (exact) mass is 244 g/mol. The van der Waals surface area contributed by atoms with E-state index in [0.29, 0.717) is 22.3 Å². The molecule has 0 amide bonds. The molecule has 2 nitrogen and oxygen atoms in total. The van der Waals surface area contributed by atoms with E-state index in [2.05, 4.69) is 46.4 Å². The highest BCUT2D eigenvalue weighted by Gasteiger charge is 2.14. The fourth-order valence-electron chi connectivity index (χ4n) is 1.43. The van der Waals surface area contributed by atoms with Gasteiger partial charge in [0.05, 0.1) is 6.17 Å². The normalized spacial score (nSPS) is 10.0. The van der Waals surface area contributed by atoms with E-state index in [9.17, 15) is 0 Å². The topological polar surface area (TPSA) is 52.0 Å². The lowest BCUT2D eigenvalue weighted by Gasteiger charge is -2.19. The molecule has 0 aliphatic carbocycles. The van der Waals surface area contributed by atoms with E-state index in [1.165, 1.54) is 0 Å². The van der Waals surface area contributed by atoms with Crippen molar-refractivity contribution < 1.29 is 0 Å². The Morgan fingerprint density at radius 3 is 1.67 bits per heavy atom. The van der Waals surface area contributed by atoms with E-state index >= 15 is 0 Å². The van der Waals surface area contributed by atoms with Crippen LogP contribution in [-0.4, -0.2) is 6.17 Å². The van der Waals surface area contributed by atoms with Crippen molar-refractivity contribution in [1.29, 1.82) is 0 Å². The van der Waals surface area contributed by atoms with Crippen molar-refractivity contribution in [2.75, 3.05) is 0 Å². The lowest BCUT2D eigenvalue weighted by Crippen LogP contribution is -2.33. The van der Waals surface area contributed by atoms with Gasteiger partial charge in [-0.1, -0.05) is 52.8 Å². The highest BCUT2D eigenvalue weighted by atomic mass is 14.8. The molecule has 0 spiro atoms. The van der Waals surface area contributed by atoms with Gasteiger partial charge < -0.3 is 11.5 Å². The smallest absolute Gasteiger partial charge is 0.0784 e. The highest BCUT2D eigenvalue weighted by Crippen LogP contribution is 2.29. The van der Waals surface area contributed by atoms with Gasteiger partial charge in [-0.05, 0) is 39.9 Å². The summed E-state index contributed by atoms with van der Waals surface area (Å²) in [5.41, 5.74) is 15.4. The van der Waals surface area contributed by atoms with Gasteiger partial charge in [0.2, 0.25) is 0 Å². The highest BCUT2D eigenvalue weighted by molar-refractivity contribution is 5.62. The Morgan fingerprint density at radius 1 is 0.833 bits per heavy atom. The maximum atomic E-state index is 5.57. The molecule has 0 heterocycles. The molecule has 0 aliphatic rings. The minimum atomic E-state index is -0.644. The van der Waals surface area contributed by atoms with Gasteiger partial charge >= 0.3 is 0 Å². The largest absolute Gasteiger partial charge is 0.312 e. The summed E-state index contributed by atoms with van der Waals surface area (Å²) in [6.07, 6.45) is 1.25. The Labute approximate surface area is 111 Å². The summed E-state index contributed by atoms with van der Waals surface area (Å²) in [7, 11) is 0. The first-order valence-corrected chi connectivity index (χ1v) is 5.89. The van der Waals surface area contributed by atoms with Crippen LogP contribution in [0.3, 0.4) is 0 Å². The second-order valence-corrected chi connectivity index (χ2v) is 4.32. The molecular formula is C16H24N2. The molecule has 0 unspecified atom stereocenters. The van der Waals surface area contributed by atoms with Crippen LogP contribution < -0.4 is 11.5 Å². The standard InChI is InChI=1S/C16H24N2/c1-8-9-10(2)11(3)12(4)13(5)14(6)15(7)16(17)18/h16H,2-9,17-18H2,1H3. The van der Waals surface area contributed by atoms with Crippen molar-refractivity contribution in [3.63, 3.8) is 0 Å². The average Bonchev–Trinajstić information content (AvgIpc) is 2.34. The van der Waals surface area contributed by atoms with Crippen LogP contribution in [0.15, 0.2) is 72.9 Å². The van der Waals surface area contributed by atoms with Crippen molar-refractivity contribution in [3.05, 3.63) is 72.9 Å². The number of hydrogen-bond acceptors (Lipinski definition) is 2. The fraction of sp³-hybridized carbons (Fsp3) is 0.250. The molecule has 0 aromatic carbocycles. The Bertz CT molecular complexity index is 422. The number of rotatable bonds is 8. The first-order chi connectivity index (χ1) is 8.23. The lowest BCUT2D eigenvalue weighted by molar-refractivity contribution is 0.832. The van der Waals surface area contributed by atoms with Crippen molar-refractivity contribution in [1.82, 2.24) is 0 Å². The third-order valence-corrected chi connectivity index (χ3v) is 2.86. The second kappa shape index (κ2) is 6.94. The van der Waals surface area contributed by atoms with E-state index in [-0.39, 0.29) is 0 Å². The molecule has 0 rings (SSSR count). The summed E-state index contributed by atoms with van der Waals surface area (Å²) in [5.74, 6) is 0.